The number of aromatic amines is 2. The first-order chi connectivity index (χ1) is 20.6. The number of pyridine rings is 2. The fraction of sp³-hybridized carbons (Fsp3) is 0.219. The maximum absolute atomic E-state index is 14.3. The molecule has 3 N–H and O–H groups in total. The molecule has 1 amide bonds. The van der Waals surface area contributed by atoms with Gasteiger partial charge in [-0.25, -0.2) is 14.4 Å². The summed E-state index contributed by atoms with van der Waals surface area (Å²) in [5.74, 6) is 0.688. The number of anilines is 1. The summed E-state index contributed by atoms with van der Waals surface area (Å²) < 4.78 is 19.6. The number of hydrogen-bond acceptors (Lipinski definition) is 6. The van der Waals surface area contributed by atoms with Crippen LogP contribution in [0.4, 0.5) is 10.1 Å². The highest BCUT2D eigenvalue weighted by molar-refractivity contribution is 5.98. The number of hydrogen-bond donors (Lipinski definition) is 3. The number of H-pyrrole nitrogens is 2. The Bertz CT molecular complexity index is 1940. The third-order valence-corrected chi connectivity index (χ3v) is 7.91. The lowest BCUT2D eigenvalue weighted by atomic mass is 9.88. The summed E-state index contributed by atoms with van der Waals surface area (Å²) in [6.45, 7) is 0. The number of methoxy groups -OCH3 is 1. The van der Waals surface area contributed by atoms with Crippen LogP contribution < -0.4 is 10.1 Å². The summed E-state index contributed by atoms with van der Waals surface area (Å²) in [5, 5.41) is 11.6. The van der Waals surface area contributed by atoms with Crippen LogP contribution in [0.1, 0.15) is 32.1 Å². The van der Waals surface area contributed by atoms with Crippen molar-refractivity contribution in [3.05, 3.63) is 72.9 Å². The van der Waals surface area contributed by atoms with Gasteiger partial charge in [0.2, 0.25) is 5.91 Å². The van der Waals surface area contributed by atoms with E-state index in [1.54, 1.807) is 24.7 Å². The normalized spacial score (nSPS) is 14.0. The molecule has 6 aromatic rings. The number of carbonyl (C=O) groups is 1. The second-order valence-corrected chi connectivity index (χ2v) is 10.6. The van der Waals surface area contributed by atoms with Gasteiger partial charge in [-0.3, -0.25) is 14.9 Å². The number of rotatable bonds is 6. The molecule has 42 heavy (non-hydrogen) atoms. The lowest BCUT2D eigenvalue weighted by Crippen LogP contribution is -2.24. The number of ether oxygens (including phenoxy) is 1. The van der Waals surface area contributed by atoms with Crippen LogP contribution in [0.2, 0.25) is 0 Å². The van der Waals surface area contributed by atoms with Gasteiger partial charge in [0.15, 0.2) is 11.5 Å². The summed E-state index contributed by atoms with van der Waals surface area (Å²) in [6, 6.07) is 14.3. The molecule has 1 aliphatic rings. The molecular weight excluding hydrogens is 533 g/mol. The minimum atomic E-state index is -0.396. The highest BCUT2D eigenvalue weighted by atomic mass is 19.1. The zero-order chi connectivity index (χ0) is 28.6. The van der Waals surface area contributed by atoms with Crippen LogP contribution in [0.5, 0.6) is 5.75 Å². The van der Waals surface area contributed by atoms with Gasteiger partial charge in [0.1, 0.15) is 17.3 Å². The van der Waals surface area contributed by atoms with Crippen molar-refractivity contribution in [2.24, 2.45) is 5.92 Å². The smallest absolute Gasteiger partial charge is 0.227 e. The van der Waals surface area contributed by atoms with Gasteiger partial charge in [0.05, 0.1) is 30.0 Å². The zero-order valence-corrected chi connectivity index (χ0v) is 22.9. The molecule has 1 fully saturated rings. The van der Waals surface area contributed by atoms with Crippen molar-refractivity contribution in [3.8, 4) is 39.5 Å². The van der Waals surface area contributed by atoms with Crippen molar-refractivity contribution in [1.82, 2.24) is 30.1 Å². The topological polar surface area (TPSA) is 121 Å². The standard InChI is InChI=1S/C32H28FN7O2/c1-42-24-13-20(11-22(33)15-24)25-9-10-35-30-28(25)37-31(38-30)29-26-14-19(7-8-27(26)39-40-29)21-12-23(17-34-16-21)36-32(41)18-5-3-2-4-6-18/h7-18H,2-6H2,1H3,(H,36,41)(H,39,40)(H,35,37,38). The molecule has 1 aliphatic carbocycles. The minimum absolute atomic E-state index is 0.0639. The fourth-order valence-electron chi connectivity index (χ4n) is 5.75. The number of carbonyl (C=O) groups excluding carboxylic acids is 1. The summed E-state index contributed by atoms with van der Waals surface area (Å²) in [6.07, 6.45) is 10.4. The summed E-state index contributed by atoms with van der Waals surface area (Å²) in [4.78, 5) is 29.7. The van der Waals surface area contributed by atoms with Crippen LogP contribution in [0, 0.1) is 11.7 Å². The second kappa shape index (κ2) is 10.7. The lowest BCUT2D eigenvalue weighted by molar-refractivity contribution is -0.120. The van der Waals surface area contributed by atoms with Gasteiger partial charge >= 0.3 is 0 Å². The van der Waals surface area contributed by atoms with Crippen LogP contribution in [-0.2, 0) is 4.79 Å². The number of halogens is 1. The highest BCUT2D eigenvalue weighted by Crippen LogP contribution is 2.34. The van der Waals surface area contributed by atoms with Crippen LogP contribution >= 0.6 is 0 Å². The molecule has 1 saturated carbocycles. The maximum atomic E-state index is 14.3. The number of imidazole rings is 1. The van der Waals surface area contributed by atoms with E-state index in [2.05, 4.69) is 30.5 Å². The SMILES string of the molecule is COc1cc(F)cc(-c2ccnc3nc(-c4n[nH]c5ccc(-c6cncc(NC(=O)C7CCCCC7)c6)cc45)[nH]c23)c1. The largest absolute Gasteiger partial charge is 0.497 e. The van der Waals surface area contributed by atoms with Crippen LogP contribution in [0.15, 0.2) is 67.1 Å². The Morgan fingerprint density at radius 2 is 1.88 bits per heavy atom. The van der Waals surface area contributed by atoms with Gasteiger partial charge in [-0.05, 0) is 60.4 Å². The quantitative estimate of drug-likeness (QED) is 0.203. The predicted molar refractivity (Wildman–Crippen MR) is 159 cm³/mol. The summed E-state index contributed by atoms with van der Waals surface area (Å²) >= 11 is 0. The Labute approximate surface area is 240 Å². The molecule has 0 spiro atoms. The summed E-state index contributed by atoms with van der Waals surface area (Å²) in [7, 11) is 1.51. The molecule has 0 saturated heterocycles. The van der Waals surface area contributed by atoms with Gasteiger partial charge in [-0.2, -0.15) is 5.10 Å². The van der Waals surface area contributed by atoms with Crippen molar-refractivity contribution in [2.75, 3.05) is 12.4 Å². The van der Waals surface area contributed by atoms with E-state index < -0.39 is 5.82 Å². The Morgan fingerprint density at radius 3 is 2.74 bits per heavy atom. The third kappa shape index (κ3) is 4.85. The molecular formula is C32H28FN7O2. The molecule has 0 unspecified atom stereocenters. The molecule has 0 bridgehead atoms. The van der Waals surface area contributed by atoms with Crippen LogP contribution in [0.3, 0.4) is 0 Å². The number of nitrogens with zero attached hydrogens (tertiary/aromatic N) is 4. The monoisotopic (exact) mass is 561 g/mol. The van der Waals surface area contributed by atoms with E-state index in [9.17, 15) is 9.18 Å². The van der Waals surface area contributed by atoms with E-state index in [4.69, 9.17) is 9.72 Å². The molecule has 2 aromatic carbocycles. The number of nitrogens with one attached hydrogen (secondary N) is 3. The van der Waals surface area contributed by atoms with E-state index in [-0.39, 0.29) is 11.8 Å². The Balaban J connectivity index is 1.23. The van der Waals surface area contributed by atoms with E-state index in [1.165, 1.54) is 25.7 Å². The van der Waals surface area contributed by atoms with E-state index in [0.29, 0.717) is 39.7 Å². The van der Waals surface area contributed by atoms with Gasteiger partial charge in [-0.15, -0.1) is 0 Å². The first kappa shape index (κ1) is 25.8. The first-order valence-corrected chi connectivity index (χ1v) is 14.0. The van der Waals surface area contributed by atoms with Crippen molar-refractivity contribution in [2.45, 2.75) is 32.1 Å². The minimum Gasteiger partial charge on any atom is -0.497 e. The first-order valence-electron chi connectivity index (χ1n) is 14.0. The molecule has 10 heteroatoms. The molecule has 0 atom stereocenters. The number of amides is 1. The molecule has 0 aliphatic heterocycles. The van der Waals surface area contributed by atoms with E-state index in [0.717, 1.165) is 53.3 Å². The molecule has 4 heterocycles. The fourth-order valence-corrected chi connectivity index (χ4v) is 5.75. The van der Waals surface area contributed by atoms with E-state index >= 15 is 0 Å². The van der Waals surface area contributed by atoms with Gasteiger partial charge in [0, 0.05) is 40.9 Å². The molecule has 7 rings (SSSR count). The predicted octanol–water partition coefficient (Wildman–Crippen LogP) is 6.90. The third-order valence-electron chi connectivity index (χ3n) is 7.91. The molecule has 4 aromatic heterocycles. The number of aromatic nitrogens is 6. The summed E-state index contributed by atoms with van der Waals surface area (Å²) in [5.41, 5.74) is 6.49. The Hall–Kier alpha value is -5.12. The van der Waals surface area contributed by atoms with Gasteiger partial charge in [-0.1, -0.05) is 25.3 Å². The maximum Gasteiger partial charge on any atom is 0.227 e. The average molecular weight is 562 g/mol. The van der Waals surface area contributed by atoms with Crippen molar-refractivity contribution in [3.63, 3.8) is 0 Å². The zero-order valence-electron chi connectivity index (χ0n) is 22.9. The van der Waals surface area contributed by atoms with Crippen LogP contribution in [-0.4, -0.2) is 43.2 Å². The van der Waals surface area contributed by atoms with Gasteiger partial charge < -0.3 is 15.0 Å². The van der Waals surface area contributed by atoms with Crippen molar-refractivity contribution >= 4 is 33.7 Å². The second-order valence-electron chi connectivity index (χ2n) is 10.6. The van der Waals surface area contributed by atoms with Crippen LogP contribution in [0.25, 0.3) is 55.8 Å². The number of fused-ring (bicyclic) bond motifs is 2. The Kier molecular flexibility index (Phi) is 6.58. The van der Waals surface area contributed by atoms with Crippen molar-refractivity contribution < 1.29 is 13.9 Å². The lowest BCUT2D eigenvalue weighted by Gasteiger charge is -2.20. The van der Waals surface area contributed by atoms with Crippen molar-refractivity contribution in [1.29, 1.82) is 0 Å². The van der Waals surface area contributed by atoms with E-state index in [1.807, 2.05) is 30.3 Å². The highest BCUT2D eigenvalue weighted by Gasteiger charge is 2.21. The molecule has 9 nitrogen and oxygen atoms in total. The molecule has 0 radical (unpaired) electrons. The Morgan fingerprint density at radius 1 is 1.00 bits per heavy atom. The number of benzene rings is 2. The van der Waals surface area contributed by atoms with Gasteiger partial charge in [0.25, 0.3) is 0 Å². The molecule has 210 valence electrons. The average Bonchev–Trinajstić information content (AvgIpc) is 3.65.